The maximum absolute atomic E-state index is 8.88. The van der Waals surface area contributed by atoms with Crippen molar-refractivity contribution >= 4 is 12.4 Å². The van der Waals surface area contributed by atoms with E-state index in [9.17, 15) is 0 Å². The number of nitrogens with two attached hydrogens (primary N) is 1. The maximum Gasteiger partial charge on any atom is 0.0586 e. The molecule has 0 spiro atoms. The third-order valence-electron chi connectivity index (χ3n) is 2.13. The van der Waals surface area contributed by atoms with E-state index in [1.165, 1.54) is 6.42 Å². The van der Waals surface area contributed by atoms with Crippen molar-refractivity contribution in [2.45, 2.75) is 18.9 Å². The zero-order chi connectivity index (χ0) is 7.40. The maximum atomic E-state index is 8.88. The van der Waals surface area contributed by atoms with Crippen molar-refractivity contribution in [3.8, 4) is 0 Å². The minimum Gasteiger partial charge on any atom is -0.395 e. The van der Waals surface area contributed by atoms with E-state index in [1.54, 1.807) is 0 Å². The van der Waals surface area contributed by atoms with E-state index in [1.807, 2.05) is 0 Å². The molecule has 1 aliphatic rings. The SMILES string of the molecule is Cl.NCCN1CCC[C@@H]1CO. The normalized spacial score (nSPS) is 25.1. The van der Waals surface area contributed by atoms with Gasteiger partial charge >= 0.3 is 0 Å². The summed E-state index contributed by atoms with van der Waals surface area (Å²) in [5, 5.41) is 8.88. The average Bonchev–Trinajstić information content (AvgIpc) is 2.36. The van der Waals surface area contributed by atoms with Crippen LogP contribution < -0.4 is 5.73 Å². The van der Waals surface area contributed by atoms with Crippen molar-refractivity contribution in [1.82, 2.24) is 4.90 Å². The van der Waals surface area contributed by atoms with Gasteiger partial charge in [0.1, 0.15) is 0 Å². The van der Waals surface area contributed by atoms with Gasteiger partial charge in [-0.05, 0) is 19.4 Å². The van der Waals surface area contributed by atoms with Gasteiger partial charge in [0.25, 0.3) is 0 Å². The fraction of sp³-hybridized carbons (Fsp3) is 1.00. The number of likely N-dealkylation sites (tertiary alicyclic amines) is 1. The second kappa shape index (κ2) is 5.77. The summed E-state index contributed by atoms with van der Waals surface area (Å²) in [6.45, 7) is 3.05. The Morgan fingerprint density at radius 2 is 2.27 bits per heavy atom. The highest BCUT2D eigenvalue weighted by Crippen LogP contribution is 2.14. The predicted octanol–water partition coefficient (Wildman–Crippen LogP) is -0.176. The number of aliphatic hydroxyl groups excluding tert-OH is 1. The summed E-state index contributed by atoms with van der Waals surface area (Å²) in [6.07, 6.45) is 2.35. The van der Waals surface area contributed by atoms with Gasteiger partial charge in [-0.3, -0.25) is 4.90 Å². The van der Waals surface area contributed by atoms with Gasteiger partial charge in [0.05, 0.1) is 6.61 Å². The lowest BCUT2D eigenvalue weighted by atomic mass is 10.2. The largest absolute Gasteiger partial charge is 0.395 e. The molecule has 0 amide bonds. The zero-order valence-corrected chi connectivity index (χ0v) is 7.52. The van der Waals surface area contributed by atoms with Crippen LogP contribution in [0.15, 0.2) is 0 Å². The van der Waals surface area contributed by atoms with Crippen molar-refractivity contribution < 1.29 is 5.11 Å². The molecule has 3 N–H and O–H groups in total. The first-order chi connectivity index (χ1) is 4.88. The molecule has 0 bridgehead atoms. The molecule has 4 heteroatoms. The second-order valence-electron chi connectivity index (χ2n) is 2.80. The molecule has 0 radical (unpaired) electrons. The first-order valence-corrected chi connectivity index (χ1v) is 3.93. The van der Waals surface area contributed by atoms with E-state index in [0.29, 0.717) is 19.2 Å². The van der Waals surface area contributed by atoms with Gasteiger partial charge in [-0.15, -0.1) is 12.4 Å². The number of nitrogens with zero attached hydrogens (tertiary/aromatic N) is 1. The molecule has 1 atom stereocenters. The number of hydrogen-bond donors (Lipinski definition) is 2. The summed E-state index contributed by atoms with van der Waals surface area (Å²) in [7, 11) is 0. The van der Waals surface area contributed by atoms with Crippen molar-refractivity contribution in [3.05, 3.63) is 0 Å². The van der Waals surface area contributed by atoms with Crippen LogP contribution in [0.3, 0.4) is 0 Å². The first-order valence-electron chi connectivity index (χ1n) is 3.93. The topological polar surface area (TPSA) is 49.5 Å². The molecular weight excluding hydrogens is 164 g/mol. The highest BCUT2D eigenvalue weighted by molar-refractivity contribution is 5.85. The molecule has 1 heterocycles. The Morgan fingerprint density at radius 1 is 1.55 bits per heavy atom. The highest BCUT2D eigenvalue weighted by Gasteiger charge is 2.21. The summed E-state index contributed by atoms with van der Waals surface area (Å²) in [5.74, 6) is 0. The lowest BCUT2D eigenvalue weighted by Crippen LogP contribution is -2.35. The van der Waals surface area contributed by atoms with E-state index in [0.717, 1.165) is 19.5 Å². The van der Waals surface area contributed by atoms with Crippen LogP contribution in [0.5, 0.6) is 0 Å². The second-order valence-corrected chi connectivity index (χ2v) is 2.80. The van der Waals surface area contributed by atoms with Crippen LogP contribution in [-0.2, 0) is 0 Å². The van der Waals surface area contributed by atoms with Crippen LogP contribution in [0.25, 0.3) is 0 Å². The van der Waals surface area contributed by atoms with Crippen LogP contribution in [0.4, 0.5) is 0 Å². The molecular formula is C7H17ClN2O. The molecule has 1 rings (SSSR count). The Labute approximate surface area is 74.0 Å². The predicted molar refractivity (Wildman–Crippen MR) is 48.0 cm³/mol. The Bertz CT molecular complexity index is 102. The molecule has 0 saturated carbocycles. The Hall–Kier alpha value is 0.170. The van der Waals surface area contributed by atoms with Crippen LogP contribution >= 0.6 is 12.4 Å². The van der Waals surface area contributed by atoms with Gasteiger partial charge in [-0.25, -0.2) is 0 Å². The number of hydrogen-bond acceptors (Lipinski definition) is 3. The van der Waals surface area contributed by atoms with Gasteiger partial charge in [0, 0.05) is 19.1 Å². The Kier molecular flexibility index (Phi) is 5.86. The number of aliphatic hydroxyl groups is 1. The third-order valence-corrected chi connectivity index (χ3v) is 2.13. The summed E-state index contributed by atoms with van der Waals surface area (Å²) in [6, 6.07) is 0.392. The standard InChI is InChI=1S/C7H16N2O.ClH/c8-3-5-9-4-1-2-7(9)6-10;/h7,10H,1-6,8H2;1H/t7-;/m1./s1. The summed E-state index contributed by atoms with van der Waals surface area (Å²) >= 11 is 0. The molecule has 0 aromatic rings. The van der Waals surface area contributed by atoms with E-state index in [-0.39, 0.29) is 12.4 Å². The molecule has 0 aromatic carbocycles. The van der Waals surface area contributed by atoms with E-state index in [4.69, 9.17) is 10.8 Å². The lowest BCUT2D eigenvalue weighted by Gasteiger charge is -2.21. The molecule has 68 valence electrons. The first kappa shape index (κ1) is 11.2. The smallest absolute Gasteiger partial charge is 0.0586 e. The molecule has 1 fully saturated rings. The number of rotatable bonds is 3. The van der Waals surface area contributed by atoms with Crippen molar-refractivity contribution in [2.24, 2.45) is 5.73 Å². The summed E-state index contributed by atoms with van der Waals surface area (Å²) in [4.78, 5) is 2.26. The number of halogens is 1. The van der Waals surface area contributed by atoms with E-state index in [2.05, 4.69) is 4.90 Å². The monoisotopic (exact) mass is 180 g/mol. The summed E-state index contributed by atoms with van der Waals surface area (Å²) in [5.41, 5.74) is 5.40. The van der Waals surface area contributed by atoms with Crippen LogP contribution in [0, 0.1) is 0 Å². The van der Waals surface area contributed by atoms with Crippen molar-refractivity contribution in [2.75, 3.05) is 26.2 Å². The zero-order valence-electron chi connectivity index (χ0n) is 6.70. The molecule has 0 aromatic heterocycles. The molecule has 0 unspecified atom stereocenters. The molecule has 1 aliphatic heterocycles. The Balaban J connectivity index is 0.000001000. The van der Waals surface area contributed by atoms with Gasteiger partial charge in [0.15, 0.2) is 0 Å². The van der Waals surface area contributed by atoms with Gasteiger partial charge in [-0.2, -0.15) is 0 Å². The quantitative estimate of drug-likeness (QED) is 0.634. The van der Waals surface area contributed by atoms with E-state index < -0.39 is 0 Å². The van der Waals surface area contributed by atoms with Crippen molar-refractivity contribution in [3.63, 3.8) is 0 Å². The third kappa shape index (κ3) is 2.95. The fourth-order valence-electron chi connectivity index (χ4n) is 1.56. The average molecular weight is 181 g/mol. The minimum absolute atomic E-state index is 0. The summed E-state index contributed by atoms with van der Waals surface area (Å²) < 4.78 is 0. The molecule has 3 nitrogen and oxygen atoms in total. The van der Waals surface area contributed by atoms with Gasteiger partial charge in [-0.1, -0.05) is 0 Å². The van der Waals surface area contributed by atoms with Crippen LogP contribution in [0.1, 0.15) is 12.8 Å². The lowest BCUT2D eigenvalue weighted by molar-refractivity contribution is 0.162. The highest BCUT2D eigenvalue weighted by atomic mass is 35.5. The fourth-order valence-corrected chi connectivity index (χ4v) is 1.56. The van der Waals surface area contributed by atoms with Crippen LogP contribution in [-0.4, -0.2) is 42.3 Å². The molecule has 0 aliphatic carbocycles. The molecule has 11 heavy (non-hydrogen) atoms. The van der Waals surface area contributed by atoms with Gasteiger partial charge in [0.2, 0.25) is 0 Å². The van der Waals surface area contributed by atoms with Crippen LogP contribution in [0.2, 0.25) is 0 Å². The van der Waals surface area contributed by atoms with Gasteiger partial charge < -0.3 is 10.8 Å². The van der Waals surface area contributed by atoms with E-state index >= 15 is 0 Å². The molecule has 1 saturated heterocycles. The Morgan fingerprint density at radius 3 is 2.82 bits per heavy atom. The van der Waals surface area contributed by atoms with Crippen molar-refractivity contribution in [1.29, 1.82) is 0 Å². The minimum atomic E-state index is 0.